The zero-order valence-corrected chi connectivity index (χ0v) is 12.6. The lowest BCUT2D eigenvalue weighted by molar-refractivity contribution is 0.0767. The summed E-state index contributed by atoms with van der Waals surface area (Å²) in [6.45, 7) is 1.41. The lowest BCUT2D eigenvalue weighted by Gasteiger charge is -2.38. The fraction of sp³-hybridized carbons (Fsp3) is 1.00. The van der Waals surface area contributed by atoms with Crippen molar-refractivity contribution in [2.75, 3.05) is 19.4 Å². The van der Waals surface area contributed by atoms with Gasteiger partial charge in [-0.3, -0.25) is 0 Å². The van der Waals surface area contributed by atoms with Gasteiger partial charge in [0.05, 0.1) is 0 Å². The van der Waals surface area contributed by atoms with E-state index < -0.39 is 0 Å². The third kappa shape index (κ3) is 3.88. The van der Waals surface area contributed by atoms with E-state index in [0.717, 1.165) is 11.8 Å². The Hall–Kier alpha value is 0.270. The van der Waals surface area contributed by atoms with Crippen molar-refractivity contribution in [3.8, 4) is 0 Å². The predicted molar refractivity (Wildman–Crippen MR) is 80.2 cm³/mol. The molecule has 2 saturated carbocycles. The molecule has 3 heteroatoms. The van der Waals surface area contributed by atoms with Crippen LogP contribution in [0.15, 0.2) is 0 Å². The summed E-state index contributed by atoms with van der Waals surface area (Å²) in [6, 6.07) is 0.707. The highest BCUT2D eigenvalue weighted by Crippen LogP contribution is 2.36. The van der Waals surface area contributed by atoms with Crippen LogP contribution >= 0.6 is 11.8 Å². The van der Waals surface area contributed by atoms with Gasteiger partial charge in [0, 0.05) is 29.9 Å². The summed E-state index contributed by atoms with van der Waals surface area (Å²) in [6.07, 6.45) is 14.0. The smallest absolute Gasteiger partial charge is 0.0499 e. The quantitative estimate of drug-likeness (QED) is 0.805. The minimum Gasteiger partial charge on any atom is -0.396 e. The number of aliphatic hydroxyl groups excluding tert-OH is 1. The molecule has 2 N–H and O–H groups in total. The maximum absolute atomic E-state index is 9.71. The largest absolute Gasteiger partial charge is 0.396 e. The molecular formula is C15H29NOS. The molecule has 0 spiro atoms. The zero-order chi connectivity index (χ0) is 12.8. The van der Waals surface area contributed by atoms with Gasteiger partial charge in [-0.1, -0.05) is 19.3 Å². The summed E-state index contributed by atoms with van der Waals surface area (Å²) >= 11 is 2.03. The molecule has 0 unspecified atom stereocenters. The van der Waals surface area contributed by atoms with Gasteiger partial charge in [0.25, 0.3) is 0 Å². The lowest BCUT2D eigenvalue weighted by Crippen LogP contribution is -2.44. The van der Waals surface area contributed by atoms with Crippen LogP contribution in [0.25, 0.3) is 0 Å². The molecule has 2 nitrogen and oxygen atoms in total. The van der Waals surface area contributed by atoms with Gasteiger partial charge in [0.2, 0.25) is 0 Å². The number of rotatable bonds is 5. The Morgan fingerprint density at radius 3 is 2.33 bits per heavy atom. The summed E-state index contributed by atoms with van der Waals surface area (Å²) in [7, 11) is 0. The average molecular weight is 271 g/mol. The topological polar surface area (TPSA) is 32.3 Å². The molecule has 0 aliphatic heterocycles. The fourth-order valence-electron chi connectivity index (χ4n) is 3.56. The van der Waals surface area contributed by atoms with Crippen LogP contribution in [-0.2, 0) is 0 Å². The van der Waals surface area contributed by atoms with Gasteiger partial charge in [-0.05, 0) is 44.8 Å². The van der Waals surface area contributed by atoms with E-state index in [-0.39, 0.29) is 5.41 Å². The molecule has 0 saturated heterocycles. The van der Waals surface area contributed by atoms with Crippen molar-refractivity contribution in [1.29, 1.82) is 0 Å². The Kier molecular flexibility index (Phi) is 5.84. The van der Waals surface area contributed by atoms with E-state index in [1.165, 1.54) is 57.8 Å². The Bertz CT molecular complexity index is 233. The normalized spacial score (nSPS) is 32.3. The highest BCUT2D eigenvalue weighted by molar-refractivity contribution is 7.99. The lowest BCUT2D eigenvalue weighted by atomic mass is 9.74. The third-order valence-electron chi connectivity index (χ3n) is 5.02. The average Bonchev–Trinajstić information content (AvgIpc) is 2.47. The van der Waals surface area contributed by atoms with E-state index in [0.29, 0.717) is 12.6 Å². The molecule has 0 aromatic rings. The first-order valence-electron chi connectivity index (χ1n) is 7.65. The molecule has 0 bridgehead atoms. The molecule has 2 rings (SSSR count). The molecule has 0 amide bonds. The van der Waals surface area contributed by atoms with Gasteiger partial charge in [-0.15, -0.1) is 0 Å². The molecule has 0 heterocycles. The first-order valence-corrected chi connectivity index (χ1v) is 8.94. The summed E-state index contributed by atoms with van der Waals surface area (Å²) in [5, 5.41) is 14.4. The monoisotopic (exact) mass is 271 g/mol. The molecule has 0 aromatic carbocycles. The SMILES string of the molecule is CSC1CCC(NCC2(CO)CCCCC2)CC1. The van der Waals surface area contributed by atoms with Gasteiger partial charge < -0.3 is 10.4 Å². The first-order chi connectivity index (χ1) is 8.78. The highest BCUT2D eigenvalue weighted by Gasteiger charge is 2.32. The number of nitrogens with one attached hydrogen (secondary N) is 1. The van der Waals surface area contributed by atoms with Crippen LogP contribution in [0, 0.1) is 5.41 Å². The second kappa shape index (κ2) is 7.16. The van der Waals surface area contributed by atoms with Gasteiger partial charge >= 0.3 is 0 Å². The molecule has 2 aliphatic carbocycles. The number of hydrogen-bond donors (Lipinski definition) is 2. The second-order valence-corrected chi connectivity index (χ2v) is 7.45. The number of aliphatic hydroxyl groups is 1. The van der Waals surface area contributed by atoms with Gasteiger partial charge in [0.1, 0.15) is 0 Å². The third-order valence-corrected chi connectivity index (χ3v) is 6.16. The van der Waals surface area contributed by atoms with Gasteiger partial charge in [-0.25, -0.2) is 0 Å². The molecule has 2 aliphatic rings. The highest BCUT2D eigenvalue weighted by atomic mass is 32.2. The molecule has 18 heavy (non-hydrogen) atoms. The van der Waals surface area contributed by atoms with Crippen LogP contribution in [0.5, 0.6) is 0 Å². The van der Waals surface area contributed by atoms with Crippen molar-refractivity contribution in [3.05, 3.63) is 0 Å². The summed E-state index contributed by atoms with van der Waals surface area (Å²) in [4.78, 5) is 0. The molecule has 0 atom stereocenters. The molecule has 106 valence electrons. The summed E-state index contributed by atoms with van der Waals surface area (Å²) < 4.78 is 0. The van der Waals surface area contributed by atoms with Crippen molar-refractivity contribution in [2.24, 2.45) is 5.41 Å². The van der Waals surface area contributed by atoms with Gasteiger partial charge in [-0.2, -0.15) is 11.8 Å². The van der Waals surface area contributed by atoms with Crippen molar-refractivity contribution in [1.82, 2.24) is 5.32 Å². The van der Waals surface area contributed by atoms with E-state index in [1.54, 1.807) is 0 Å². The van der Waals surface area contributed by atoms with E-state index in [2.05, 4.69) is 11.6 Å². The standard InChI is InChI=1S/C15H29NOS/c1-18-14-7-5-13(6-8-14)16-11-15(12-17)9-3-2-4-10-15/h13-14,16-17H,2-12H2,1H3. The van der Waals surface area contributed by atoms with Crippen molar-refractivity contribution < 1.29 is 5.11 Å². The Morgan fingerprint density at radius 1 is 1.11 bits per heavy atom. The number of hydrogen-bond acceptors (Lipinski definition) is 3. The number of thioether (sulfide) groups is 1. The van der Waals surface area contributed by atoms with Gasteiger partial charge in [0.15, 0.2) is 0 Å². The molecule has 0 aromatic heterocycles. The molecule has 0 radical (unpaired) electrons. The molecule has 2 fully saturated rings. The zero-order valence-electron chi connectivity index (χ0n) is 11.8. The molecular weight excluding hydrogens is 242 g/mol. The fourth-order valence-corrected chi connectivity index (χ4v) is 4.30. The van der Waals surface area contributed by atoms with Crippen LogP contribution in [-0.4, -0.2) is 35.8 Å². The van der Waals surface area contributed by atoms with E-state index in [1.807, 2.05) is 11.8 Å². The maximum Gasteiger partial charge on any atom is 0.0499 e. The van der Waals surface area contributed by atoms with Crippen LogP contribution in [0.3, 0.4) is 0 Å². The van der Waals surface area contributed by atoms with Crippen LogP contribution < -0.4 is 5.32 Å². The Balaban J connectivity index is 1.73. The Morgan fingerprint density at radius 2 is 1.78 bits per heavy atom. The minimum absolute atomic E-state index is 0.203. The van der Waals surface area contributed by atoms with Crippen molar-refractivity contribution >= 4 is 11.8 Å². The van der Waals surface area contributed by atoms with Crippen molar-refractivity contribution in [2.45, 2.75) is 69.1 Å². The van der Waals surface area contributed by atoms with E-state index in [4.69, 9.17) is 0 Å². The second-order valence-electron chi connectivity index (χ2n) is 6.31. The van der Waals surface area contributed by atoms with Crippen molar-refractivity contribution in [3.63, 3.8) is 0 Å². The van der Waals surface area contributed by atoms with E-state index in [9.17, 15) is 5.11 Å². The summed E-state index contributed by atoms with van der Waals surface area (Å²) in [5.74, 6) is 0. The predicted octanol–water partition coefficient (Wildman–Crippen LogP) is 3.19. The van der Waals surface area contributed by atoms with Crippen LogP contribution in [0.4, 0.5) is 0 Å². The summed E-state index contributed by atoms with van der Waals surface area (Å²) in [5.41, 5.74) is 0.203. The minimum atomic E-state index is 0.203. The first kappa shape index (κ1) is 14.7. The van der Waals surface area contributed by atoms with Crippen LogP contribution in [0.2, 0.25) is 0 Å². The maximum atomic E-state index is 9.71. The van der Waals surface area contributed by atoms with Crippen LogP contribution in [0.1, 0.15) is 57.8 Å². The van der Waals surface area contributed by atoms with E-state index >= 15 is 0 Å². The Labute approximate surface area is 116 Å².